The molecule has 0 aromatic heterocycles. The molecule has 0 unspecified atom stereocenters. The summed E-state index contributed by atoms with van der Waals surface area (Å²) in [6.07, 6.45) is 0. The van der Waals surface area contributed by atoms with Crippen molar-refractivity contribution in [3.8, 4) is 16.9 Å². The van der Waals surface area contributed by atoms with E-state index >= 15 is 0 Å². The van der Waals surface area contributed by atoms with Crippen molar-refractivity contribution in [3.05, 3.63) is 66.2 Å². The lowest BCUT2D eigenvalue weighted by Gasteiger charge is -2.08. The van der Waals surface area contributed by atoms with Gasteiger partial charge >= 0.3 is 0 Å². The third kappa shape index (κ3) is 1.74. The van der Waals surface area contributed by atoms with Crippen molar-refractivity contribution in [2.75, 3.05) is 0 Å². The van der Waals surface area contributed by atoms with Crippen molar-refractivity contribution >= 4 is 10.8 Å². The van der Waals surface area contributed by atoms with E-state index in [9.17, 15) is 5.11 Å². The molecule has 0 bridgehead atoms. The third-order valence-corrected chi connectivity index (χ3v) is 3.26. The van der Waals surface area contributed by atoms with E-state index in [2.05, 4.69) is 31.2 Å². The highest BCUT2D eigenvalue weighted by Crippen LogP contribution is 2.33. The minimum atomic E-state index is 0.335. The van der Waals surface area contributed by atoms with Gasteiger partial charge in [0, 0.05) is 5.39 Å². The van der Waals surface area contributed by atoms with Crippen molar-refractivity contribution in [1.82, 2.24) is 0 Å². The van der Waals surface area contributed by atoms with E-state index < -0.39 is 0 Å². The number of hydrogen-bond acceptors (Lipinski definition) is 1. The van der Waals surface area contributed by atoms with Crippen LogP contribution in [0, 0.1) is 6.92 Å². The molecule has 0 spiro atoms. The second kappa shape index (κ2) is 4.19. The van der Waals surface area contributed by atoms with E-state index in [1.165, 1.54) is 11.1 Å². The largest absolute Gasteiger partial charge is 0.507 e. The molecule has 0 saturated carbocycles. The molecule has 18 heavy (non-hydrogen) atoms. The van der Waals surface area contributed by atoms with Gasteiger partial charge in [-0.15, -0.1) is 0 Å². The smallest absolute Gasteiger partial charge is 0.123 e. The molecule has 88 valence electrons. The van der Waals surface area contributed by atoms with Gasteiger partial charge < -0.3 is 5.11 Å². The fourth-order valence-electron chi connectivity index (χ4n) is 2.27. The SMILES string of the molecule is Cc1ccc(-c2ccc(O)c3ccccc23)cc1. The predicted molar refractivity (Wildman–Crippen MR) is 75.8 cm³/mol. The second-order valence-corrected chi connectivity index (χ2v) is 4.54. The maximum atomic E-state index is 9.89. The number of rotatable bonds is 1. The average Bonchev–Trinajstić information content (AvgIpc) is 2.41. The van der Waals surface area contributed by atoms with Gasteiger partial charge in [0.2, 0.25) is 0 Å². The first-order valence-corrected chi connectivity index (χ1v) is 6.03. The molecule has 0 radical (unpaired) electrons. The minimum Gasteiger partial charge on any atom is -0.507 e. The first-order chi connectivity index (χ1) is 8.75. The minimum absolute atomic E-state index is 0.335. The molecule has 0 heterocycles. The van der Waals surface area contributed by atoms with E-state index in [0.717, 1.165) is 16.3 Å². The highest BCUT2D eigenvalue weighted by atomic mass is 16.3. The van der Waals surface area contributed by atoms with Crippen molar-refractivity contribution < 1.29 is 5.11 Å². The zero-order valence-corrected chi connectivity index (χ0v) is 10.2. The van der Waals surface area contributed by atoms with Crippen LogP contribution in [-0.4, -0.2) is 5.11 Å². The Morgan fingerprint density at radius 2 is 1.39 bits per heavy atom. The Hall–Kier alpha value is -2.28. The summed E-state index contributed by atoms with van der Waals surface area (Å²) in [5, 5.41) is 11.9. The molecule has 3 aromatic carbocycles. The van der Waals surface area contributed by atoms with E-state index in [4.69, 9.17) is 0 Å². The first kappa shape index (κ1) is 10.8. The van der Waals surface area contributed by atoms with Gasteiger partial charge in [-0.1, -0.05) is 60.2 Å². The zero-order valence-electron chi connectivity index (χ0n) is 10.2. The van der Waals surface area contributed by atoms with Gasteiger partial charge in [-0.05, 0) is 29.5 Å². The Kier molecular flexibility index (Phi) is 2.52. The summed E-state index contributed by atoms with van der Waals surface area (Å²) in [5.41, 5.74) is 3.59. The number of hydrogen-bond donors (Lipinski definition) is 1. The van der Waals surface area contributed by atoms with Crippen LogP contribution in [0.1, 0.15) is 5.56 Å². The quantitative estimate of drug-likeness (QED) is 0.656. The van der Waals surface area contributed by atoms with Gasteiger partial charge in [-0.2, -0.15) is 0 Å². The molecule has 1 N–H and O–H groups in total. The van der Waals surface area contributed by atoms with Crippen molar-refractivity contribution in [2.24, 2.45) is 0 Å². The number of aromatic hydroxyl groups is 1. The number of aryl methyl sites for hydroxylation is 1. The summed E-state index contributed by atoms with van der Waals surface area (Å²) < 4.78 is 0. The fourth-order valence-corrected chi connectivity index (χ4v) is 2.27. The van der Waals surface area contributed by atoms with E-state index in [1.807, 2.05) is 30.3 Å². The second-order valence-electron chi connectivity index (χ2n) is 4.54. The van der Waals surface area contributed by atoms with Crippen LogP contribution in [0.15, 0.2) is 60.7 Å². The molecule has 0 aliphatic heterocycles. The van der Waals surface area contributed by atoms with Crippen LogP contribution in [0.5, 0.6) is 5.75 Å². The number of phenolic OH excluding ortho intramolecular Hbond substituents is 1. The molecule has 1 nitrogen and oxygen atoms in total. The standard InChI is InChI=1S/C17H14O/c1-12-6-8-13(9-7-12)14-10-11-17(18)16-5-3-2-4-15(14)16/h2-11,18H,1H3. The van der Waals surface area contributed by atoms with Gasteiger partial charge in [0.15, 0.2) is 0 Å². The van der Waals surface area contributed by atoms with Crippen LogP contribution in [0.2, 0.25) is 0 Å². The van der Waals surface area contributed by atoms with E-state index in [-0.39, 0.29) is 0 Å². The van der Waals surface area contributed by atoms with Gasteiger partial charge in [-0.3, -0.25) is 0 Å². The molecule has 3 rings (SSSR count). The number of fused-ring (bicyclic) bond motifs is 1. The van der Waals surface area contributed by atoms with E-state index in [1.54, 1.807) is 6.07 Å². The summed E-state index contributed by atoms with van der Waals surface area (Å²) in [4.78, 5) is 0. The lowest BCUT2D eigenvalue weighted by Crippen LogP contribution is -1.82. The Morgan fingerprint density at radius 3 is 2.11 bits per heavy atom. The molecule has 0 aliphatic carbocycles. The molecular weight excluding hydrogens is 220 g/mol. The summed E-state index contributed by atoms with van der Waals surface area (Å²) >= 11 is 0. The zero-order chi connectivity index (χ0) is 12.5. The predicted octanol–water partition coefficient (Wildman–Crippen LogP) is 4.52. The van der Waals surface area contributed by atoms with Crippen LogP contribution in [0.4, 0.5) is 0 Å². The Balaban J connectivity index is 2.30. The Labute approximate surface area is 106 Å². The van der Waals surface area contributed by atoms with Crippen LogP contribution in [0.25, 0.3) is 21.9 Å². The van der Waals surface area contributed by atoms with Crippen LogP contribution < -0.4 is 0 Å². The number of benzene rings is 3. The van der Waals surface area contributed by atoms with E-state index in [0.29, 0.717) is 5.75 Å². The molecule has 0 amide bonds. The topological polar surface area (TPSA) is 20.2 Å². The monoisotopic (exact) mass is 234 g/mol. The molecular formula is C17H14O. The average molecular weight is 234 g/mol. The Morgan fingerprint density at radius 1 is 0.722 bits per heavy atom. The molecule has 0 aliphatic rings. The fraction of sp³-hybridized carbons (Fsp3) is 0.0588. The maximum absolute atomic E-state index is 9.89. The number of phenols is 1. The molecule has 1 heteroatoms. The van der Waals surface area contributed by atoms with Crippen molar-refractivity contribution in [3.63, 3.8) is 0 Å². The van der Waals surface area contributed by atoms with Gasteiger partial charge in [0.05, 0.1) is 0 Å². The van der Waals surface area contributed by atoms with Crippen molar-refractivity contribution in [1.29, 1.82) is 0 Å². The highest BCUT2D eigenvalue weighted by molar-refractivity contribution is 5.99. The molecule has 0 fully saturated rings. The van der Waals surface area contributed by atoms with Crippen molar-refractivity contribution in [2.45, 2.75) is 6.92 Å². The maximum Gasteiger partial charge on any atom is 0.123 e. The highest BCUT2D eigenvalue weighted by Gasteiger charge is 2.06. The van der Waals surface area contributed by atoms with Crippen LogP contribution in [0.3, 0.4) is 0 Å². The summed E-state index contributed by atoms with van der Waals surface area (Å²) in [6, 6.07) is 20.1. The van der Waals surface area contributed by atoms with Gasteiger partial charge in [-0.25, -0.2) is 0 Å². The lowest BCUT2D eigenvalue weighted by atomic mass is 9.97. The first-order valence-electron chi connectivity index (χ1n) is 6.03. The normalized spacial score (nSPS) is 10.7. The lowest BCUT2D eigenvalue weighted by molar-refractivity contribution is 0.481. The summed E-state index contributed by atoms with van der Waals surface area (Å²) in [6.45, 7) is 2.08. The summed E-state index contributed by atoms with van der Waals surface area (Å²) in [7, 11) is 0. The third-order valence-electron chi connectivity index (χ3n) is 3.26. The van der Waals surface area contributed by atoms with Crippen LogP contribution in [-0.2, 0) is 0 Å². The van der Waals surface area contributed by atoms with Crippen LogP contribution >= 0.6 is 0 Å². The molecule has 0 atom stereocenters. The summed E-state index contributed by atoms with van der Waals surface area (Å²) in [5.74, 6) is 0.335. The molecule has 0 saturated heterocycles. The van der Waals surface area contributed by atoms with Gasteiger partial charge in [0.25, 0.3) is 0 Å². The molecule has 3 aromatic rings. The van der Waals surface area contributed by atoms with Gasteiger partial charge in [0.1, 0.15) is 5.75 Å². The Bertz CT molecular complexity index is 696.